The molecule has 174 valence electrons. The fourth-order valence-electron chi connectivity index (χ4n) is 4.97. The third kappa shape index (κ3) is 5.90. The van der Waals surface area contributed by atoms with Gasteiger partial charge in [0.1, 0.15) is 0 Å². The van der Waals surface area contributed by atoms with Crippen LogP contribution in [0.3, 0.4) is 0 Å². The predicted octanol–water partition coefficient (Wildman–Crippen LogP) is 2.72. The van der Waals surface area contributed by atoms with E-state index in [1.54, 1.807) is 14.2 Å². The Hall–Kier alpha value is -1.84. The largest absolute Gasteiger partial charge is 0.493 e. The van der Waals surface area contributed by atoms with Crippen molar-refractivity contribution in [3.63, 3.8) is 0 Å². The van der Waals surface area contributed by atoms with Gasteiger partial charge in [-0.05, 0) is 60.3 Å². The van der Waals surface area contributed by atoms with Crippen molar-refractivity contribution >= 4 is 16.1 Å². The summed E-state index contributed by atoms with van der Waals surface area (Å²) in [5, 5.41) is 0. The molecule has 2 aliphatic heterocycles. The van der Waals surface area contributed by atoms with E-state index in [9.17, 15) is 13.2 Å². The lowest BCUT2D eigenvalue weighted by Crippen LogP contribution is -2.47. The third-order valence-corrected chi connectivity index (χ3v) is 6.91. The summed E-state index contributed by atoms with van der Waals surface area (Å²) < 4.78 is 47.1. The highest BCUT2D eigenvalue weighted by Crippen LogP contribution is 2.45. The number of fused-ring (bicyclic) bond motifs is 3. The van der Waals surface area contributed by atoms with Gasteiger partial charge in [0.05, 0.1) is 20.8 Å². The van der Waals surface area contributed by atoms with Crippen LogP contribution in [0.15, 0.2) is 12.1 Å². The quantitative estimate of drug-likeness (QED) is 0.472. The van der Waals surface area contributed by atoms with Crippen molar-refractivity contribution in [3.8, 4) is 11.5 Å². The number of benzene rings is 1. The number of hydrogen-bond donors (Lipinski definition) is 1. The van der Waals surface area contributed by atoms with Crippen molar-refractivity contribution in [1.82, 2.24) is 4.90 Å². The maximum Gasteiger partial charge on any atom is 0.323 e. The zero-order chi connectivity index (χ0) is 22.8. The molecule has 1 aromatic carbocycles. The summed E-state index contributed by atoms with van der Waals surface area (Å²) in [4.78, 5) is 14.4. The first-order valence-corrected chi connectivity index (χ1v) is 12.3. The summed E-state index contributed by atoms with van der Waals surface area (Å²) in [6.07, 6.45) is 2.75. The number of hydrogen-bond acceptors (Lipinski definition) is 7. The standard InChI is InChI=1S/C22H33NO7S/c1-14(2)7-16-11-23-6-5-15-9-20(28-3)21(29-4)10-18(15)19(23)8-17(16)12-30-22(24)13-31(25,26)27/h9-10,14,16-17,19H,5-8,11-13H2,1-4H3,(H,25,26,27)/t16-,17+,19-/m1/s1. The lowest BCUT2D eigenvalue weighted by molar-refractivity contribution is -0.143. The number of carbonyl (C=O) groups is 1. The van der Waals surface area contributed by atoms with Gasteiger partial charge in [-0.1, -0.05) is 13.8 Å². The Labute approximate surface area is 184 Å². The molecule has 1 aromatic rings. The van der Waals surface area contributed by atoms with E-state index >= 15 is 0 Å². The van der Waals surface area contributed by atoms with Gasteiger partial charge in [0.25, 0.3) is 10.1 Å². The molecule has 0 saturated carbocycles. The minimum absolute atomic E-state index is 0.105. The number of carbonyl (C=O) groups excluding carboxylic acids is 1. The maximum atomic E-state index is 11.9. The maximum absolute atomic E-state index is 11.9. The first kappa shape index (κ1) is 23.8. The van der Waals surface area contributed by atoms with E-state index in [0.717, 1.165) is 38.1 Å². The monoisotopic (exact) mass is 455 g/mol. The summed E-state index contributed by atoms with van der Waals surface area (Å²) in [5.74, 6) is 0.443. The third-order valence-electron chi connectivity index (χ3n) is 6.31. The Bertz CT molecular complexity index is 899. The molecule has 3 atom stereocenters. The summed E-state index contributed by atoms with van der Waals surface area (Å²) >= 11 is 0. The normalized spacial score (nSPS) is 23.7. The summed E-state index contributed by atoms with van der Waals surface area (Å²) in [5.41, 5.74) is 2.45. The Morgan fingerprint density at radius 2 is 1.87 bits per heavy atom. The fraction of sp³-hybridized carbons (Fsp3) is 0.682. The van der Waals surface area contributed by atoms with Crippen LogP contribution in [0.25, 0.3) is 0 Å². The smallest absolute Gasteiger partial charge is 0.323 e. The average Bonchev–Trinajstić information content (AvgIpc) is 2.69. The highest BCUT2D eigenvalue weighted by atomic mass is 32.2. The SMILES string of the molecule is COc1cc2c(cc1OC)[C@H]1C[C@@H](COC(=O)CS(=O)(=O)O)[C@H](CC(C)C)CN1CC2. The second-order valence-electron chi connectivity index (χ2n) is 8.96. The van der Waals surface area contributed by atoms with E-state index in [2.05, 4.69) is 24.8 Å². The number of nitrogens with zero attached hydrogens (tertiary/aromatic N) is 1. The highest BCUT2D eigenvalue weighted by molar-refractivity contribution is 7.86. The second kappa shape index (κ2) is 9.75. The molecule has 0 aliphatic carbocycles. The van der Waals surface area contributed by atoms with Gasteiger partial charge in [-0.3, -0.25) is 14.2 Å². The van der Waals surface area contributed by atoms with Crippen molar-refractivity contribution in [3.05, 3.63) is 23.3 Å². The van der Waals surface area contributed by atoms with Gasteiger partial charge in [0, 0.05) is 19.1 Å². The first-order chi connectivity index (χ1) is 14.6. The Morgan fingerprint density at radius 1 is 1.19 bits per heavy atom. The zero-order valence-electron chi connectivity index (χ0n) is 18.7. The van der Waals surface area contributed by atoms with Crippen LogP contribution in [-0.4, -0.2) is 63.5 Å². The summed E-state index contributed by atoms with van der Waals surface area (Å²) in [6.45, 7) is 6.36. The van der Waals surface area contributed by atoms with E-state index in [1.807, 2.05) is 6.07 Å². The van der Waals surface area contributed by atoms with E-state index in [4.69, 9.17) is 18.8 Å². The molecule has 2 heterocycles. The molecular formula is C22H33NO7S. The molecule has 0 bridgehead atoms. The molecule has 1 N–H and O–H groups in total. The molecule has 9 heteroatoms. The van der Waals surface area contributed by atoms with E-state index in [1.165, 1.54) is 11.1 Å². The topological polar surface area (TPSA) is 102 Å². The van der Waals surface area contributed by atoms with Gasteiger partial charge < -0.3 is 14.2 Å². The van der Waals surface area contributed by atoms with Gasteiger partial charge in [-0.2, -0.15) is 8.42 Å². The Kier molecular flexibility index (Phi) is 7.49. The van der Waals surface area contributed by atoms with Crippen LogP contribution in [0.5, 0.6) is 11.5 Å². The molecule has 0 unspecified atom stereocenters. The van der Waals surface area contributed by atoms with Crippen LogP contribution >= 0.6 is 0 Å². The lowest BCUT2D eigenvalue weighted by atomic mass is 9.74. The van der Waals surface area contributed by atoms with E-state index < -0.39 is 21.8 Å². The van der Waals surface area contributed by atoms with E-state index in [-0.39, 0.29) is 18.6 Å². The Morgan fingerprint density at radius 3 is 2.48 bits per heavy atom. The molecule has 1 saturated heterocycles. The van der Waals surface area contributed by atoms with Gasteiger partial charge in [0.2, 0.25) is 0 Å². The van der Waals surface area contributed by atoms with Crippen LogP contribution < -0.4 is 9.47 Å². The second-order valence-corrected chi connectivity index (χ2v) is 10.4. The lowest BCUT2D eigenvalue weighted by Gasteiger charge is -2.47. The predicted molar refractivity (Wildman–Crippen MR) is 116 cm³/mol. The highest BCUT2D eigenvalue weighted by Gasteiger charge is 2.40. The number of rotatable bonds is 8. The minimum atomic E-state index is -4.39. The summed E-state index contributed by atoms with van der Waals surface area (Å²) in [7, 11) is -1.13. The molecule has 0 spiro atoms. The van der Waals surface area contributed by atoms with Crippen molar-refractivity contribution in [2.24, 2.45) is 17.8 Å². The molecule has 2 aliphatic rings. The number of esters is 1. The zero-order valence-corrected chi connectivity index (χ0v) is 19.5. The molecule has 1 fully saturated rings. The van der Waals surface area contributed by atoms with Gasteiger partial charge in [0.15, 0.2) is 17.3 Å². The first-order valence-electron chi connectivity index (χ1n) is 10.7. The van der Waals surface area contributed by atoms with Gasteiger partial charge >= 0.3 is 5.97 Å². The van der Waals surface area contributed by atoms with Crippen molar-refractivity contribution in [1.29, 1.82) is 0 Å². The van der Waals surface area contributed by atoms with Crippen LogP contribution in [0.1, 0.15) is 43.9 Å². The fourth-order valence-corrected chi connectivity index (χ4v) is 5.35. The van der Waals surface area contributed by atoms with Crippen LogP contribution in [0, 0.1) is 17.8 Å². The Balaban J connectivity index is 1.82. The van der Waals surface area contributed by atoms with Gasteiger partial charge in [-0.25, -0.2) is 0 Å². The molecule has 0 amide bonds. The molecular weight excluding hydrogens is 422 g/mol. The summed E-state index contributed by atoms with van der Waals surface area (Å²) in [6, 6.07) is 4.28. The van der Waals surface area contributed by atoms with E-state index in [0.29, 0.717) is 17.6 Å². The number of ether oxygens (including phenoxy) is 3. The molecule has 0 aromatic heterocycles. The molecule has 3 rings (SSSR count). The average molecular weight is 456 g/mol. The number of piperidine rings is 1. The van der Waals surface area contributed by atoms with Crippen molar-refractivity contribution in [2.45, 2.75) is 39.2 Å². The molecule has 0 radical (unpaired) electrons. The minimum Gasteiger partial charge on any atom is -0.493 e. The van der Waals surface area contributed by atoms with Crippen molar-refractivity contribution in [2.75, 3.05) is 39.7 Å². The molecule has 8 nitrogen and oxygen atoms in total. The van der Waals surface area contributed by atoms with Crippen LogP contribution in [0.2, 0.25) is 0 Å². The van der Waals surface area contributed by atoms with Crippen molar-refractivity contribution < 1.29 is 32.0 Å². The van der Waals surface area contributed by atoms with Crippen LogP contribution in [0.4, 0.5) is 0 Å². The van der Waals surface area contributed by atoms with Gasteiger partial charge in [-0.15, -0.1) is 0 Å². The van der Waals surface area contributed by atoms with Crippen LogP contribution in [-0.2, 0) is 26.1 Å². The number of methoxy groups -OCH3 is 2. The molecule has 31 heavy (non-hydrogen) atoms.